The summed E-state index contributed by atoms with van der Waals surface area (Å²) in [6, 6.07) is 20.5. The molecule has 0 bridgehead atoms. The number of carbonyl (C=O) groups excluding carboxylic acids is 1. The molecule has 2 heterocycles. The van der Waals surface area contributed by atoms with Crippen LogP contribution in [0.5, 0.6) is 0 Å². The summed E-state index contributed by atoms with van der Waals surface area (Å²) in [6.07, 6.45) is 0.335. The van der Waals surface area contributed by atoms with Gasteiger partial charge in [-0.1, -0.05) is 54.6 Å². The Hall–Kier alpha value is -2.41. The number of hydrogen-bond donors (Lipinski definition) is 5. The van der Waals surface area contributed by atoms with Gasteiger partial charge in [-0.25, -0.2) is 10.9 Å². The molecule has 2 aliphatic rings. The minimum Gasteiger partial charge on any atom is -0.343 e. The van der Waals surface area contributed by atoms with Gasteiger partial charge >= 0.3 is 0 Å². The van der Waals surface area contributed by atoms with E-state index in [-0.39, 0.29) is 29.3 Å². The maximum absolute atomic E-state index is 12.3. The number of nitrogens with one attached hydrogen (secondary N) is 5. The minimum atomic E-state index is -0.264. The third-order valence-electron chi connectivity index (χ3n) is 5.05. The lowest BCUT2D eigenvalue weighted by molar-refractivity contribution is -0.123. The minimum absolute atomic E-state index is 0.00288. The highest BCUT2D eigenvalue weighted by molar-refractivity contribution is 7.99. The number of carbonyl (C=O) groups is 1. The maximum atomic E-state index is 12.3. The van der Waals surface area contributed by atoms with Crippen molar-refractivity contribution in [1.82, 2.24) is 27.2 Å². The number of nitriles is 1. The standard InChI is InChI=1S/C20H22N6OS/c21-11-17-16(14-6-2-1-3-7-14)10-18(27)22-20(17)28-12-13-5-4-8-15(9-13)19-23-25-26-24-19/h1-9,16-17,19-20,23-26H,10,12H2,(H,22,27). The topological polar surface area (TPSA) is 101 Å². The molecular weight excluding hydrogens is 372 g/mol. The molecule has 0 saturated carbocycles. The van der Waals surface area contributed by atoms with Crippen LogP contribution >= 0.6 is 11.8 Å². The van der Waals surface area contributed by atoms with Crippen LogP contribution in [0.2, 0.25) is 0 Å². The molecule has 5 N–H and O–H groups in total. The SMILES string of the molecule is N#CC1C(SCc2cccc(C3NNNN3)c2)NC(=O)CC1c1ccccc1. The quantitative estimate of drug-likeness (QED) is 0.527. The van der Waals surface area contributed by atoms with Gasteiger partial charge in [-0.3, -0.25) is 4.79 Å². The molecule has 7 nitrogen and oxygen atoms in total. The molecule has 8 heteroatoms. The van der Waals surface area contributed by atoms with Gasteiger partial charge in [0.2, 0.25) is 5.91 Å². The van der Waals surface area contributed by atoms with Gasteiger partial charge in [0.1, 0.15) is 6.17 Å². The largest absolute Gasteiger partial charge is 0.343 e. The fourth-order valence-corrected chi connectivity index (χ4v) is 4.87. The lowest BCUT2D eigenvalue weighted by Gasteiger charge is -2.34. The van der Waals surface area contributed by atoms with Crippen LogP contribution in [0.4, 0.5) is 0 Å². The first-order chi connectivity index (χ1) is 13.7. The van der Waals surface area contributed by atoms with E-state index in [0.717, 1.165) is 16.7 Å². The Labute approximate surface area is 168 Å². The Kier molecular flexibility index (Phi) is 5.90. The van der Waals surface area contributed by atoms with E-state index >= 15 is 0 Å². The molecule has 2 aromatic rings. The van der Waals surface area contributed by atoms with Crippen molar-refractivity contribution in [2.75, 3.05) is 0 Å². The van der Waals surface area contributed by atoms with Gasteiger partial charge in [0.05, 0.1) is 17.4 Å². The van der Waals surface area contributed by atoms with Crippen LogP contribution in [-0.4, -0.2) is 11.3 Å². The zero-order valence-corrected chi connectivity index (χ0v) is 16.0. The third-order valence-corrected chi connectivity index (χ3v) is 6.32. The molecule has 2 aliphatic heterocycles. The van der Waals surface area contributed by atoms with Crippen LogP contribution in [0, 0.1) is 17.2 Å². The molecular formula is C20H22N6OS. The fraction of sp³-hybridized carbons (Fsp3) is 0.300. The molecule has 0 aromatic heterocycles. The average Bonchev–Trinajstić information content (AvgIpc) is 3.28. The maximum Gasteiger partial charge on any atom is 0.221 e. The normalized spacial score (nSPS) is 25.2. The fourth-order valence-electron chi connectivity index (χ4n) is 3.64. The van der Waals surface area contributed by atoms with E-state index in [9.17, 15) is 10.1 Å². The van der Waals surface area contributed by atoms with Crippen molar-refractivity contribution in [3.05, 3.63) is 71.3 Å². The molecule has 144 valence electrons. The Balaban J connectivity index is 1.47. The predicted molar refractivity (Wildman–Crippen MR) is 108 cm³/mol. The molecule has 4 rings (SSSR count). The van der Waals surface area contributed by atoms with Crippen molar-refractivity contribution in [3.63, 3.8) is 0 Å². The highest BCUT2D eigenvalue weighted by Crippen LogP contribution is 2.38. The Morgan fingerprint density at radius 2 is 1.79 bits per heavy atom. The number of benzene rings is 2. The van der Waals surface area contributed by atoms with E-state index in [0.29, 0.717) is 12.2 Å². The third kappa shape index (κ3) is 4.19. The number of hydrazine groups is 3. The molecule has 2 fully saturated rings. The second kappa shape index (κ2) is 8.73. The molecule has 3 unspecified atom stereocenters. The first-order valence-corrected chi connectivity index (χ1v) is 10.2. The van der Waals surface area contributed by atoms with Gasteiger partial charge in [0.15, 0.2) is 0 Å². The second-order valence-corrected chi connectivity index (χ2v) is 8.02. The van der Waals surface area contributed by atoms with E-state index < -0.39 is 0 Å². The lowest BCUT2D eigenvalue weighted by Crippen LogP contribution is -2.46. The number of hydrogen-bond acceptors (Lipinski definition) is 7. The summed E-state index contributed by atoms with van der Waals surface area (Å²) < 4.78 is 0. The summed E-state index contributed by atoms with van der Waals surface area (Å²) in [5, 5.41) is 12.6. The van der Waals surface area contributed by atoms with E-state index in [1.807, 2.05) is 42.5 Å². The molecule has 0 spiro atoms. The highest BCUT2D eigenvalue weighted by Gasteiger charge is 2.38. The van der Waals surface area contributed by atoms with E-state index in [2.05, 4.69) is 45.4 Å². The van der Waals surface area contributed by atoms with E-state index in [4.69, 9.17) is 0 Å². The van der Waals surface area contributed by atoms with Crippen LogP contribution in [0.3, 0.4) is 0 Å². The van der Waals surface area contributed by atoms with Crippen LogP contribution < -0.4 is 27.2 Å². The van der Waals surface area contributed by atoms with Crippen molar-refractivity contribution < 1.29 is 4.79 Å². The Morgan fingerprint density at radius 1 is 1.04 bits per heavy atom. The molecule has 2 saturated heterocycles. The zero-order chi connectivity index (χ0) is 19.3. The molecule has 3 atom stereocenters. The van der Waals surface area contributed by atoms with Crippen molar-refractivity contribution >= 4 is 17.7 Å². The molecule has 1 amide bonds. The van der Waals surface area contributed by atoms with Crippen molar-refractivity contribution in [2.45, 2.75) is 29.6 Å². The van der Waals surface area contributed by atoms with Gasteiger partial charge in [-0.05, 0) is 16.7 Å². The van der Waals surface area contributed by atoms with Crippen LogP contribution in [0.15, 0.2) is 54.6 Å². The molecule has 28 heavy (non-hydrogen) atoms. The summed E-state index contributed by atoms with van der Waals surface area (Å²) >= 11 is 1.61. The number of thioether (sulfide) groups is 1. The highest BCUT2D eigenvalue weighted by atomic mass is 32.2. The van der Waals surface area contributed by atoms with Gasteiger partial charge in [-0.15, -0.1) is 11.8 Å². The summed E-state index contributed by atoms with van der Waals surface area (Å²) in [5.41, 5.74) is 15.1. The van der Waals surface area contributed by atoms with Crippen LogP contribution in [0.25, 0.3) is 0 Å². The van der Waals surface area contributed by atoms with E-state index in [1.54, 1.807) is 11.8 Å². The first-order valence-electron chi connectivity index (χ1n) is 9.20. The van der Waals surface area contributed by atoms with Crippen LogP contribution in [0.1, 0.15) is 35.2 Å². The smallest absolute Gasteiger partial charge is 0.221 e. The predicted octanol–water partition coefficient (Wildman–Crippen LogP) is 1.80. The second-order valence-electron chi connectivity index (χ2n) is 6.89. The van der Waals surface area contributed by atoms with Crippen LogP contribution in [-0.2, 0) is 10.5 Å². The van der Waals surface area contributed by atoms with E-state index in [1.165, 1.54) is 0 Å². The first kappa shape index (κ1) is 18.9. The zero-order valence-electron chi connectivity index (χ0n) is 15.2. The number of rotatable bonds is 5. The van der Waals surface area contributed by atoms with Gasteiger partial charge in [0.25, 0.3) is 0 Å². The Morgan fingerprint density at radius 3 is 2.54 bits per heavy atom. The monoisotopic (exact) mass is 394 g/mol. The summed E-state index contributed by atoms with van der Waals surface area (Å²) in [5.74, 6) is 0.377. The molecule has 0 radical (unpaired) electrons. The van der Waals surface area contributed by atoms with Gasteiger partial charge < -0.3 is 5.32 Å². The summed E-state index contributed by atoms with van der Waals surface area (Å²) in [4.78, 5) is 12.3. The van der Waals surface area contributed by atoms with Gasteiger partial charge in [-0.2, -0.15) is 16.3 Å². The van der Waals surface area contributed by atoms with Crippen molar-refractivity contribution in [3.8, 4) is 6.07 Å². The number of piperidine rings is 1. The summed E-state index contributed by atoms with van der Waals surface area (Å²) in [7, 11) is 0. The average molecular weight is 395 g/mol. The summed E-state index contributed by atoms with van der Waals surface area (Å²) in [6.45, 7) is 0. The van der Waals surface area contributed by atoms with Gasteiger partial charge in [0, 0.05) is 18.1 Å². The lowest BCUT2D eigenvalue weighted by atomic mass is 9.81. The van der Waals surface area contributed by atoms with Crippen molar-refractivity contribution in [2.24, 2.45) is 5.92 Å². The number of amides is 1. The van der Waals surface area contributed by atoms with Crippen molar-refractivity contribution in [1.29, 1.82) is 5.26 Å². The molecule has 0 aliphatic carbocycles. The molecule has 2 aromatic carbocycles. The Bertz CT molecular complexity index is 864. The number of nitrogens with zero attached hydrogens (tertiary/aromatic N) is 1.